The smallest absolute Gasteiger partial charge is 0.235 e. The zero-order valence-electron chi connectivity index (χ0n) is 10.5. The molecule has 1 amide bonds. The quantitative estimate of drug-likeness (QED) is 0.767. The van der Waals surface area contributed by atoms with E-state index in [4.69, 9.17) is 4.74 Å². The Morgan fingerprint density at radius 2 is 2.25 bits per heavy atom. The molecule has 0 aliphatic carbocycles. The van der Waals surface area contributed by atoms with Gasteiger partial charge in [-0.15, -0.1) is 0 Å². The molecule has 0 N–H and O–H groups in total. The zero-order chi connectivity index (χ0) is 12.1. The van der Waals surface area contributed by atoms with Crippen molar-refractivity contribution >= 4 is 18.5 Å². The third-order valence-corrected chi connectivity index (χ3v) is 3.79. The molecule has 2 atom stereocenters. The minimum atomic E-state index is -0.180. The molecule has 0 bridgehead atoms. The van der Waals surface area contributed by atoms with Crippen molar-refractivity contribution in [3.63, 3.8) is 0 Å². The molecule has 16 heavy (non-hydrogen) atoms. The van der Waals surface area contributed by atoms with E-state index in [0.29, 0.717) is 0 Å². The topological polar surface area (TPSA) is 29.5 Å². The summed E-state index contributed by atoms with van der Waals surface area (Å²) in [5.41, 5.74) is 0. The molecule has 1 rings (SSSR count). The Balaban J connectivity index is 2.49. The summed E-state index contributed by atoms with van der Waals surface area (Å²) < 4.78 is 5.58. The highest BCUT2D eigenvalue weighted by molar-refractivity contribution is 7.81. The molecule has 0 radical (unpaired) electrons. The fourth-order valence-electron chi connectivity index (χ4n) is 1.98. The second-order valence-electron chi connectivity index (χ2n) is 4.69. The number of nitrogens with zero attached hydrogens (tertiary/aromatic N) is 1. The molecular formula is C12H23NO2S. The second-order valence-corrected chi connectivity index (χ2v) is 5.25. The summed E-state index contributed by atoms with van der Waals surface area (Å²) in [5.74, 6) is 0.436. The zero-order valence-corrected chi connectivity index (χ0v) is 11.4. The van der Waals surface area contributed by atoms with Crippen LogP contribution in [0.25, 0.3) is 0 Å². The highest BCUT2D eigenvalue weighted by atomic mass is 32.1. The summed E-state index contributed by atoms with van der Waals surface area (Å²) in [4.78, 5) is 14.0. The van der Waals surface area contributed by atoms with Crippen LogP contribution in [0.2, 0.25) is 0 Å². The van der Waals surface area contributed by atoms with Gasteiger partial charge in [0.25, 0.3) is 0 Å². The normalized spacial score (nSPS) is 23.6. The summed E-state index contributed by atoms with van der Waals surface area (Å²) in [5, 5.41) is -0.180. The van der Waals surface area contributed by atoms with Crippen molar-refractivity contribution in [2.24, 2.45) is 5.92 Å². The Morgan fingerprint density at radius 3 is 2.81 bits per heavy atom. The number of piperidine rings is 1. The minimum Gasteiger partial charge on any atom is -0.377 e. The van der Waals surface area contributed by atoms with Gasteiger partial charge >= 0.3 is 0 Å². The lowest BCUT2D eigenvalue weighted by Gasteiger charge is -2.34. The van der Waals surface area contributed by atoms with Crippen molar-refractivity contribution in [3.05, 3.63) is 0 Å². The van der Waals surface area contributed by atoms with Crippen molar-refractivity contribution < 1.29 is 9.53 Å². The van der Waals surface area contributed by atoms with Gasteiger partial charge in [0, 0.05) is 19.7 Å². The van der Waals surface area contributed by atoms with E-state index >= 15 is 0 Å². The Bertz CT molecular complexity index is 231. The van der Waals surface area contributed by atoms with Crippen molar-refractivity contribution in [2.75, 3.05) is 19.7 Å². The van der Waals surface area contributed by atoms with E-state index in [2.05, 4.69) is 12.6 Å². The Morgan fingerprint density at radius 1 is 1.56 bits per heavy atom. The summed E-state index contributed by atoms with van der Waals surface area (Å²) in [6.07, 6.45) is 2.32. The second kappa shape index (κ2) is 6.50. The number of hydrogen-bond donors (Lipinski definition) is 1. The molecule has 1 aliphatic rings. The van der Waals surface area contributed by atoms with Gasteiger partial charge < -0.3 is 9.64 Å². The Hall–Kier alpha value is -0.220. The van der Waals surface area contributed by atoms with Gasteiger partial charge in [-0.2, -0.15) is 12.6 Å². The van der Waals surface area contributed by atoms with Crippen LogP contribution in [0.15, 0.2) is 0 Å². The molecule has 2 unspecified atom stereocenters. The maximum Gasteiger partial charge on any atom is 0.235 e. The molecule has 0 aromatic heterocycles. The first-order valence-corrected chi connectivity index (χ1v) is 6.66. The van der Waals surface area contributed by atoms with Crippen molar-refractivity contribution in [2.45, 2.75) is 45.0 Å². The monoisotopic (exact) mass is 245 g/mol. The Kier molecular flexibility index (Phi) is 5.62. The fourth-order valence-corrected chi connectivity index (χ4v) is 2.15. The van der Waals surface area contributed by atoms with E-state index in [9.17, 15) is 4.79 Å². The highest BCUT2D eigenvalue weighted by Gasteiger charge is 2.28. The molecule has 1 heterocycles. The van der Waals surface area contributed by atoms with Gasteiger partial charge in [0.1, 0.15) is 0 Å². The molecule has 4 heteroatoms. The first-order chi connectivity index (χ1) is 7.56. The van der Waals surface area contributed by atoms with Gasteiger partial charge in [-0.05, 0) is 25.7 Å². The van der Waals surface area contributed by atoms with Crippen LogP contribution < -0.4 is 0 Å². The molecule has 0 aromatic carbocycles. The molecule has 1 aliphatic heterocycles. The molecule has 1 saturated heterocycles. The molecule has 0 spiro atoms. The van der Waals surface area contributed by atoms with Crippen LogP contribution in [0.4, 0.5) is 0 Å². The van der Waals surface area contributed by atoms with Crippen LogP contribution in [-0.4, -0.2) is 41.9 Å². The minimum absolute atomic E-state index is 0.155. The highest BCUT2D eigenvalue weighted by Crippen LogP contribution is 2.18. The molecule has 3 nitrogen and oxygen atoms in total. The van der Waals surface area contributed by atoms with Gasteiger partial charge in [0.15, 0.2) is 0 Å². The SMILES string of the molecule is CCOC1CCCN(C(=O)C(S)C(C)C)C1. The van der Waals surface area contributed by atoms with Crippen LogP contribution in [0.3, 0.4) is 0 Å². The van der Waals surface area contributed by atoms with Crippen LogP contribution in [-0.2, 0) is 9.53 Å². The van der Waals surface area contributed by atoms with E-state index in [0.717, 1.165) is 32.5 Å². The van der Waals surface area contributed by atoms with E-state index in [-0.39, 0.29) is 23.2 Å². The van der Waals surface area contributed by atoms with Crippen LogP contribution in [0.1, 0.15) is 33.6 Å². The van der Waals surface area contributed by atoms with Crippen molar-refractivity contribution in [1.82, 2.24) is 4.90 Å². The maximum absolute atomic E-state index is 12.1. The van der Waals surface area contributed by atoms with Crippen molar-refractivity contribution in [1.29, 1.82) is 0 Å². The van der Waals surface area contributed by atoms with E-state index in [1.54, 1.807) is 0 Å². The standard InChI is InChI=1S/C12H23NO2S/c1-4-15-10-6-5-7-13(8-10)12(14)11(16)9(2)3/h9-11,16H,4-8H2,1-3H3. The lowest BCUT2D eigenvalue weighted by atomic mass is 10.0. The molecule has 0 saturated carbocycles. The summed E-state index contributed by atoms with van der Waals surface area (Å²) >= 11 is 4.38. The number of amides is 1. The third kappa shape index (κ3) is 3.67. The Labute approximate surface area is 104 Å². The average Bonchev–Trinajstić information content (AvgIpc) is 2.28. The first kappa shape index (κ1) is 13.8. The lowest BCUT2D eigenvalue weighted by molar-refractivity contribution is -0.135. The van der Waals surface area contributed by atoms with Gasteiger partial charge in [-0.25, -0.2) is 0 Å². The summed E-state index contributed by atoms with van der Waals surface area (Å²) in [7, 11) is 0. The largest absolute Gasteiger partial charge is 0.377 e. The van der Waals surface area contributed by atoms with Crippen LogP contribution >= 0.6 is 12.6 Å². The lowest BCUT2D eigenvalue weighted by Crippen LogP contribution is -2.47. The maximum atomic E-state index is 12.1. The number of thiol groups is 1. The predicted molar refractivity (Wildman–Crippen MR) is 68.8 cm³/mol. The van der Waals surface area contributed by atoms with Crippen molar-refractivity contribution in [3.8, 4) is 0 Å². The molecule has 1 fully saturated rings. The van der Waals surface area contributed by atoms with Crippen LogP contribution in [0.5, 0.6) is 0 Å². The summed E-state index contributed by atoms with van der Waals surface area (Å²) in [6, 6.07) is 0. The third-order valence-electron chi connectivity index (χ3n) is 2.98. The van der Waals surface area contributed by atoms with Gasteiger partial charge in [-0.1, -0.05) is 13.8 Å². The number of ether oxygens (including phenoxy) is 1. The van der Waals surface area contributed by atoms with Gasteiger partial charge in [0.2, 0.25) is 5.91 Å². The molecular weight excluding hydrogens is 222 g/mol. The van der Waals surface area contributed by atoms with Gasteiger partial charge in [-0.3, -0.25) is 4.79 Å². The molecule has 0 aromatic rings. The van der Waals surface area contributed by atoms with Gasteiger partial charge in [0.05, 0.1) is 11.4 Å². The number of rotatable bonds is 4. The number of likely N-dealkylation sites (tertiary alicyclic amines) is 1. The number of hydrogen-bond acceptors (Lipinski definition) is 3. The van der Waals surface area contributed by atoms with E-state index < -0.39 is 0 Å². The fraction of sp³-hybridized carbons (Fsp3) is 0.917. The summed E-state index contributed by atoms with van der Waals surface area (Å²) in [6.45, 7) is 8.36. The molecule has 94 valence electrons. The van der Waals surface area contributed by atoms with Crippen LogP contribution in [0, 0.1) is 5.92 Å². The number of carbonyl (C=O) groups excluding carboxylic acids is 1. The number of carbonyl (C=O) groups is 1. The average molecular weight is 245 g/mol. The van der Waals surface area contributed by atoms with E-state index in [1.165, 1.54) is 0 Å². The first-order valence-electron chi connectivity index (χ1n) is 6.14. The predicted octanol–water partition coefficient (Wildman–Crippen LogP) is 1.97. The van der Waals surface area contributed by atoms with E-state index in [1.807, 2.05) is 25.7 Å².